The third kappa shape index (κ3) is 4.16. The van der Waals surface area contributed by atoms with E-state index in [1.807, 2.05) is 14.1 Å². The highest BCUT2D eigenvalue weighted by atomic mass is 32.1. The van der Waals surface area contributed by atoms with E-state index < -0.39 is 0 Å². The van der Waals surface area contributed by atoms with Gasteiger partial charge in [-0.2, -0.15) is 14.0 Å². The van der Waals surface area contributed by atoms with Crippen molar-refractivity contribution in [2.24, 2.45) is 20.5 Å². The Labute approximate surface area is 168 Å². The number of aromatic nitrogens is 3. The Morgan fingerprint density at radius 1 is 1.04 bits per heavy atom. The molecule has 0 unspecified atom stereocenters. The zero-order valence-corrected chi connectivity index (χ0v) is 17.1. The fourth-order valence-electron chi connectivity index (χ4n) is 2.15. The number of hydrogen-bond acceptors (Lipinski definition) is 12. The van der Waals surface area contributed by atoms with E-state index in [9.17, 15) is 10.4 Å². The number of aryl methyl sites for hydroxylation is 2. The molecule has 142 valence electrons. The van der Waals surface area contributed by atoms with Gasteiger partial charge in [0, 0.05) is 31.7 Å². The van der Waals surface area contributed by atoms with Gasteiger partial charge < -0.3 is 10.0 Å². The maximum atomic E-state index is 10.3. The highest BCUT2D eigenvalue weighted by Gasteiger charge is 2.13. The van der Waals surface area contributed by atoms with E-state index in [0.29, 0.717) is 38.6 Å². The van der Waals surface area contributed by atoms with Crippen LogP contribution in [-0.4, -0.2) is 32.9 Å². The highest BCUT2D eigenvalue weighted by Crippen LogP contribution is 2.40. The predicted molar refractivity (Wildman–Crippen MR) is 107 cm³/mol. The van der Waals surface area contributed by atoms with Crippen molar-refractivity contribution in [1.29, 1.82) is 5.26 Å². The molecule has 0 bridgehead atoms. The van der Waals surface area contributed by atoms with Crippen LogP contribution in [0.25, 0.3) is 0 Å². The largest absolute Gasteiger partial charge is 0.506 e. The molecule has 0 spiro atoms. The molecule has 0 aliphatic rings. The smallest absolute Gasteiger partial charge is 0.249 e. The van der Waals surface area contributed by atoms with Crippen LogP contribution in [0.5, 0.6) is 5.75 Å². The summed E-state index contributed by atoms with van der Waals surface area (Å²) in [5, 5.41) is 36.7. The molecular formula is C16H15N9OS2. The number of azo groups is 2. The summed E-state index contributed by atoms with van der Waals surface area (Å²) >= 11 is 2.21. The zero-order chi connectivity index (χ0) is 20.3. The van der Waals surface area contributed by atoms with Crippen LogP contribution in [0.1, 0.15) is 17.1 Å². The molecule has 0 fully saturated rings. The fourth-order valence-corrected chi connectivity index (χ4v) is 3.33. The SMILES string of the molecule is Cc1nsc(N=Nc2cc(N=Nc3snc(C)c3C#N)c(O)cc2N(C)C)n1. The van der Waals surface area contributed by atoms with Crippen molar-refractivity contribution in [1.82, 2.24) is 13.7 Å². The van der Waals surface area contributed by atoms with Gasteiger partial charge in [-0.15, -0.1) is 20.5 Å². The Balaban J connectivity index is 1.99. The lowest BCUT2D eigenvalue weighted by Crippen LogP contribution is -2.08. The second-order valence-corrected chi connectivity index (χ2v) is 7.29. The second kappa shape index (κ2) is 8.15. The van der Waals surface area contributed by atoms with Crippen molar-refractivity contribution in [3.05, 3.63) is 29.2 Å². The quantitative estimate of drug-likeness (QED) is 0.579. The summed E-state index contributed by atoms with van der Waals surface area (Å²) in [5.74, 6) is 0.554. The minimum Gasteiger partial charge on any atom is -0.506 e. The Hall–Kier alpha value is -3.30. The molecule has 0 aliphatic heterocycles. The van der Waals surface area contributed by atoms with Gasteiger partial charge in [-0.1, -0.05) is 0 Å². The molecule has 0 amide bonds. The van der Waals surface area contributed by atoms with Crippen LogP contribution < -0.4 is 4.90 Å². The van der Waals surface area contributed by atoms with Crippen LogP contribution in [0.4, 0.5) is 27.2 Å². The molecule has 28 heavy (non-hydrogen) atoms. The van der Waals surface area contributed by atoms with Crippen LogP contribution in [0.15, 0.2) is 32.6 Å². The van der Waals surface area contributed by atoms with Crippen LogP contribution in [0.3, 0.4) is 0 Å². The van der Waals surface area contributed by atoms with Gasteiger partial charge in [0.2, 0.25) is 5.13 Å². The summed E-state index contributed by atoms with van der Waals surface area (Å²) in [5.41, 5.74) is 2.28. The van der Waals surface area contributed by atoms with Gasteiger partial charge in [-0.05, 0) is 31.4 Å². The number of rotatable bonds is 5. The molecule has 0 atom stereocenters. The summed E-state index contributed by atoms with van der Waals surface area (Å²) < 4.78 is 8.15. The number of aromatic hydroxyl groups is 1. The zero-order valence-electron chi connectivity index (χ0n) is 15.4. The average Bonchev–Trinajstić information content (AvgIpc) is 3.24. The van der Waals surface area contributed by atoms with Gasteiger partial charge in [-0.25, -0.2) is 4.98 Å². The maximum absolute atomic E-state index is 10.3. The topological polar surface area (TPSA) is 135 Å². The van der Waals surface area contributed by atoms with E-state index >= 15 is 0 Å². The molecular weight excluding hydrogens is 398 g/mol. The maximum Gasteiger partial charge on any atom is 0.249 e. The first-order valence-electron chi connectivity index (χ1n) is 7.93. The first kappa shape index (κ1) is 19.5. The van der Waals surface area contributed by atoms with E-state index in [-0.39, 0.29) is 11.4 Å². The van der Waals surface area contributed by atoms with E-state index in [1.165, 1.54) is 6.07 Å². The lowest BCUT2D eigenvalue weighted by molar-refractivity contribution is 0.476. The van der Waals surface area contributed by atoms with Gasteiger partial charge in [0.25, 0.3) is 0 Å². The van der Waals surface area contributed by atoms with Gasteiger partial charge in [-0.3, -0.25) is 0 Å². The molecule has 1 N–H and O–H groups in total. The van der Waals surface area contributed by atoms with Crippen LogP contribution in [0.2, 0.25) is 0 Å². The molecule has 1 aromatic carbocycles. The third-order valence-corrected chi connectivity index (χ3v) is 5.03. The lowest BCUT2D eigenvalue weighted by atomic mass is 10.2. The second-order valence-electron chi connectivity index (χ2n) is 5.81. The molecule has 0 saturated heterocycles. The summed E-state index contributed by atoms with van der Waals surface area (Å²) in [7, 11) is 3.65. The number of hydrogen-bond donors (Lipinski definition) is 1. The molecule has 0 saturated carbocycles. The van der Waals surface area contributed by atoms with Gasteiger partial charge in [0.1, 0.15) is 34.6 Å². The molecule has 3 rings (SSSR count). The number of nitriles is 1. The highest BCUT2D eigenvalue weighted by molar-refractivity contribution is 7.10. The molecule has 12 heteroatoms. The average molecular weight is 413 g/mol. The Morgan fingerprint density at radius 2 is 1.79 bits per heavy atom. The summed E-state index contributed by atoms with van der Waals surface area (Å²) in [4.78, 5) is 5.94. The van der Waals surface area contributed by atoms with Crippen LogP contribution in [-0.2, 0) is 0 Å². The van der Waals surface area contributed by atoms with Crippen molar-refractivity contribution in [3.8, 4) is 11.8 Å². The minimum atomic E-state index is -0.0714. The standard InChI is InChI=1S/C16H15N9OS2/c1-8-10(7-17)15(27-23-8)21-20-12-5-11(13(25(3)4)6-14(12)26)19-22-16-18-9(2)24-28-16/h5-6,26H,1-4H3. The number of anilines is 1. The third-order valence-electron chi connectivity index (χ3n) is 3.52. The molecule has 0 radical (unpaired) electrons. The molecule has 3 aromatic rings. The Morgan fingerprint density at radius 3 is 2.43 bits per heavy atom. The van der Waals surface area contributed by atoms with Crippen molar-refractivity contribution in [3.63, 3.8) is 0 Å². The Kier molecular flexibility index (Phi) is 5.67. The monoisotopic (exact) mass is 413 g/mol. The van der Waals surface area contributed by atoms with Crippen LogP contribution >= 0.6 is 23.1 Å². The number of phenols is 1. The first-order valence-corrected chi connectivity index (χ1v) is 9.48. The lowest BCUT2D eigenvalue weighted by Gasteiger charge is -2.15. The van der Waals surface area contributed by atoms with Crippen LogP contribution in [0, 0.1) is 25.2 Å². The number of benzene rings is 1. The van der Waals surface area contributed by atoms with Gasteiger partial charge >= 0.3 is 0 Å². The summed E-state index contributed by atoms with van der Waals surface area (Å²) in [6.07, 6.45) is 0. The van der Waals surface area contributed by atoms with Gasteiger partial charge in [0.15, 0.2) is 5.00 Å². The van der Waals surface area contributed by atoms with Gasteiger partial charge in [0.05, 0.1) is 11.4 Å². The minimum absolute atomic E-state index is 0.0714. The molecule has 0 aliphatic carbocycles. The van der Waals surface area contributed by atoms with E-state index in [2.05, 4.69) is 40.3 Å². The fraction of sp³-hybridized carbons (Fsp3) is 0.250. The predicted octanol–water partition coefficient (Wildman–Crippen LogP) is 5.09. The first-order chi connectivity index (χ1) is 13.4. The molecule has 2 aromatic heterocycles. The van der Waals surface area contributed by atoms with E-state index in [1.54, 1.807) is 24.8 Å². The molecule has 2 heterocycles. The normalized spacial score (nSPS) is 11.4. The summed E-state index contributed by atoms with van der Waals surface area (Å²) in [6.45, 7) is 3.50. The molecule has 10 nitrogen and oxygen atoms in total. The van der Waals surface area contributed by atoms with Crippen molar-refractivity contribution >= 4 is 50.3 Å². The van der Waals surface area contributed by atoms with Crippen molar-refractivity contribution in [2.45, 2.75) is 13.8 Å². The van der Waals surface area contributed by atoms with E-state index in [0.717, 1.165) is 23.1 Å². The van der Waals surface area contributed by atoms with E-state index in [4.69, 9.17) is 0 Å². The summed E-state index contributed by atoms with van der Waals surface area (Å²) in [6, 6.07) is 5.14. The Bertz CT molecular complexity index is 1110. The number of phenolic OH excluding ortho intramolecular Hbond substituents is 1. The number of nitrogens with zero attached hydrogens (tertiary/aromatic N) is 9. The van der Waals surface area contributed by atoms with Crippen molar-refractivity contribution in [2.75, 3.05) is 19.0 Å². The van der Waals surface area contributed by atoms with Crippen molar-refractivity contribution < 1.29 is 5.11 Å².